The zero-order chi connectivity index (χ0) is 23.9. The fourth-order valence-electron chi connectivity index (χ4n) is 5.81. The molecule has 0 spiro atoms. The second-order valence-corrected chi connectivity index (χ2v) is 9.69. The predicted molar refractivity (Wildman–Crippen MR) is 111 cm³/mol. The highest BCUT2D eigenvalue weighted by Crippen LogP contribution is 2.75. The minimum Gasteiger partial charge on any atom is -0.424 e. The van der Waals surface area contributed by atoms with Gasteiger partial charge in [0.1, 0.15) is 22.7 Å². The second-order valence-electron chi connectivity index (χ2n) is 9.69. The molecule has 3 aliphatic rings. The molecule has 2 aliphatic heterocycles. The van der Waals surface area contributed by atoms with Crippen molar-refractivity contribution in [3.63, 3.8) is 0 Å². The lowest BCUT2D eigenvalue weighted by atomic mass is 9.95. The normalized spacial score (nSPS) is 27.8. The van der Waals surface area contributed by atoms with Gasteiger partial charge in [0.15, 0.2) is 5.82 Å². The third-order valence-electron chi connectivity index (χ3n) is 7.83. The number of rotatable bonds is 3. The van der Waals surface area contributed by atoms with E-state index in [1.165, 1.54) is 17.0 Å². The highest BCUT2D eigenvalue weighted by molar-refractivity contribution is 5.76. The third-order valence-corrected chi connectivity index (χ3v) is 7.83. The van der Waals surface area contributed by atoms with Gasteiger partial charge in [-0.1, -0.05) is 0 Å². The van der Waals surface area contributed by atoms with Gasteiger partial charge in [0.2, 0.25) is 11.8 Å². The number of fused-ring (bicyclic) bond motifs is 2. The summed E-state index contributed by atoms with van der Waals surface area (Å²) in [7, 11) is 2.02. The summed E-state index contributed by atoms with van der Waals surface area (Å²) < 4.78 is 64.8. The molecule has 178 valence electrons. The summed E-state index contributed by atoms with van der Waals surface area (Å²) in [6.07, 6.45) is -2.08. The first-order chi connectivity index (χ1) is 16.2. The van der Waals surface area contributed by atoms with Crippen molar-refractivity contribution >= 4 is 11.2 Å². The molecule has 1 saturated carbocycles. The summed E-state index contributed by atoms with van der Waals surface area (Å²) in [5.41, 5.74) is -3.13. The molecule has 34 heavy (non-hydrogen) atoms. The minimum atomic E-state index is -4.51. The molecule has 2 atom stereocenters. The summed E-state index contributed by atoms with van der Waals surface area (Å²) in [5.74, 6) is -0.282. The summed E-state index contributed by atoms with van der Waals surface area (Å²) in [6.45, 7) is 1.31. The van der Waals surface area contributed by atoms with Crippen molar-refractivity contribution in [1.29, 1.82) is 5.26 Å². The molecule has 8 nitrogen and oxygen atoms in total. The van der Waals surface area contributed by atoms with Gasteiger partial charge in [0.05, 0.1) is 17.3 Å². The van der Waals surface area contributed by atoms with Crippen LogP contribution in [0, 0.1) is 22.6 Å². The van der Waals surface area contributed by atoms with Gasteiger partial charge in [-0.2, -0.15) is 23.5 Å². The van der Waals surface area contributed by atoms with Crippen molar-refractivity contribution in [2.24, 2.45) is 5.41 Å². The minimum absolute atomic E-state index is 0.0000944. The van der Waals surface area contributed by atoms with Gasteiger partial charge < -0.3 is 14.2 Å². The fourth-order valence-corrected chi connectivity index (χ4v) is 5.81. The van der Waals surface area contributed by atoms with E-state index in [1.807, 2.05) is 13.1 Å². The standard InChI is InChI=1S/C22H21F4N7O/c1-31-6-4-13(5-7-31)18-29-30-19(34-18)20-10-21(20,22(24,25)26)12-32(11-20)16-3-2-14(8-27)33-17(16)15(23)9-28-33/h2-3,9,13H,4-7,10-12H2,1H3/t20-,21-/m0/s1. The van der Waals surface area contributed by atoms with Gasteiger partial charge in [0, 0.05) is 19.0 Å². The van der Waals surface area contributed by atoms with E-state index in [4.69, 9.17) is 4.42 Å². The Labute approximate surface area is 191 Å². The Kier molecular flexibility index (Phi) is 4.34. The van der Waals surface area contributed by atoms with E-state index in [1.54, 1.807) is 0 Å². The van der Waals surface area contributed by atoms with E-state index >= 15 is 0 Å². The molecule has 0 amide bonds. The van der Waals surface area contributed by atoms with Crippen LogP contribution in [-0.4, -0.2) is 64.1 Å². The van der Waals surface area contributed by atoms with E-state index in [0.717, 1.165) is 36.6 Å². The molecule has 0 radical (unpaired) electrons. The van der Waals surface area contributed by atoms with Gasteiger partial charge in [-0.3, -0.25) is 0 Å². The van der Waals surface area contributed by atoms with Crippen molar-refractivity contribution in [2.75, 3.05) is 38.1 Å². The number of hydrogen-bond donors (Lipinski definition) is 0. The van der Waals surface area contributed by atoms with Crippen molar-refractivity contribution in [3.8, 4) is 6.07 Å². The zero-order valence-corrected chi connectivity index (χ0v) is 18.3. The summed E-state index contributed by atoms with van der Waals surface area (Å²) in [5, 5.41) is 21.4. The van der Waals surface area contributed by atoms with E-state index in [-0.39, 0.29) is 48.2 Å². The molecule has 3 fully saturated rings. The Bertz CT molecular complexity index is 1320. The molecule has 1 aliphatic carbocycles. The number of aromatic nitrogens is 4. The number of alkyl halides is 3. The maximum atomic E-state index is 14.6. The lowest BCUT2D eigenvalue weighted by molar-refractivity contribution is -0.187. The van der Waals surface area contributed by atoms with Crippen LogP contribution >= 0.6 is 0 Å². The molecule has 2 saturated heterocycles. The SMILES string of the molecule is CN1CCC(c2nnc([C@]34CN(c5ccc(C#N)n6ncc(F)c56)C[C@@]3(C(F)(F)F)C4)o2)CC1. The predicted octanol–water partition coefficient (Wildman–Crippen LogP) is 3.25. The largest absolute Gasteiger partial charge is 0.424 e. The molecule has 0 unspecified atom stereocenters. The molecule has 3 aromatic rings. The monoisotopic (exact) mass is 475 g/mol. The summed E-state index contributed by atoms with van der Waals surface area (Å²) >= 11 is 0. The first-order valence-corrected chi connectivity index (χ1v) is 11.1. The number of hydrogen-bond acceptors (Lipinski definition) is 7. The van der Waals surface area contributed by atoms with Crippen LogP contribution in [0.25, 0.3) is 5.52 Å². The van der Waals surface area contributed by atoms with Crippen LogP contribution in [0.3, 0.4) is 0 Å². The summed E-state index contributed by atoms with van der Waals surface area (Å²) in [4.78, 5) is 3.68. The van der Waals surface area contributed by atoms with Crippen molar-refractivity contribution in [3.05, 3.63) is 41.6 Å². The fraction of sp³-hybridized carbons (Fsp3) is 0.545. The Balaban J connectivity index is 1.38. The van der Waals surface area contributed by atoms with Crippen molar-refractivity contribution in [1.82, 2.24) is 24.7 Å². The maximum absolute atomic E-state index is 14.6. The lowest BCUT2D eigenvalue weighted by Gasteiger charge is -2.26. The number of pyridine rings is 1. The smallest absolute Gasteiger partial charge is 0.397 e. The van der Waals surface area contributed by atoms with Gasteiger partial charge in [-0.05, 0) is 51.5 Å². The Morgan fingerprint density at radius 3 is 2.65 bits per heavy atom. The van der Waals surface area contributed by atoms with Crippen LogP contribution in [0.2, 0.25) is 0 Å². The lowest BCUT2D eigenvalue weighted by Crippen LogP contribution is -2.34. The summed E-state index contributed by atoms with van der Waals surface area (Å²) in [6, 6.07) is 4.82. The quantitative estimate of drug-likeness (QED) is 0.538. The number of nitrogens with zero attached hydrogens (tertiary/aromatic N) is 7. The number of piperidine rings is 2. The first kappa shape index (κ1) is 21.3. The number of halogens is 4. The third kappa shape index (κ3) is 2.76. The van der Waals surface area contributed by atoms with Gasteiger partial charge >= 0.3 is 6.18 Å². The van der Waals surface area contributed by atoms with Crippen LogP contribution in [-0.2, 0) is 5.41 Å². The van der Waals surface area contributed by atoms with Gasteiger partial charge in [-0.25, -0.2) is 8.91 Å². The molecular formula is C22H21F4N7O. The van der Waals surface area contributed by atoms with E-state index in [0.29, 0.717) is 5.89 Å². The Morgan fingerprint density at radius 2 is 1.94 bits per heavy atom. The van der Waals surface area contributed by atoms with E-state index in [9.17, 15) is 22.8 Å². The topological polar surface area (TPSA) is 86.5 Å². The molecule has 6 rings (SSSR count). The van der Waals surface area contributed by atoms with E-state index < -0.39 is 22.8 Å². The Hall–Kier alpha value is -3.20. The van der Waals surface area contributed by atoms with Gasteiger partial charge in [-0.15, -0.1) is 10.2 Å². The highest BCUT2D eigenvalue weighted by Gasteiger charge is 2.86. The maximum Gasteiger partial charge on any atom is 0.397 e. The van der Waals surface area contributed by atoms with Crippen LogP contribution in [0.15, 0.2) is 22.7 Å². The number of likely N-dealkylation sites (tertiary alicyclic amines) is 1. The molecular weight excluding hydrogens is 454 g/mol. The first-order valence-electron chi connectivity index (χ1n) is 11.1. The number of nitriles is 1. The van der Waals surface area contributed by atoms with E-state index in [2.05, 4.69) is 20.2 Å². The highest BCUT2D eigenvalue weighted by atomic mass is 19.4. The van der Waals surface area contributed by atoms with Crippen LogP contribution < -0.4 is 4.90 Å². The molecule has 0 bridgehead atoms. The van der Waals surface area contributed by atoms with Crippen molar-refractivity contribution < 1.29 is 22.0 Å². The van der Waals surface area contributed by atoms with Crippen LogP contribution in [0.5, 0.6) is 0 Å². The average Bonchev–Trinajstić information content (AvgIpc) is 3.20. The molecule has 5 heterocycles. The van der Waals surface area contributed by atoms with Gasteiger partial charge in [0.25, 0.3) is 0 Å². The molecule has 3 aromatic heterocycles. The van der Waals surface area contributed by atoms with Crippen molar-refractivity contribution in [2.45, 2.75) is 36.8 Å². The molecule has 12 heteroatoms. The van der Waals surface area contributed by atoms with Crippen LogP contribution in [0.1, 0.15) is 42.7 Å². The van der Waals surface area contributed by atoms with Crippen LogP contribution in [0.4, 0.5) is 23.2 Å². The molecule has 0 aromatic carbocycles. The Morgan fingerprint density at radius 1 is 1.18 bits per heavy atom. The molecule has 0 N–H and O–H groups in total. The average molecular weight is 475 g/mol. The number of anilines is 1. The second kappa shape index (κ2) is 6.91. The zero-order valence-electron chi connectivity index (χ0n) is 18.3.